The van der Waals surface area contributed by atoms with Crippen molar-refractivity contribution < 1.29 is 9.90 Å². The number of carboxylic acids is 1. The van der Waals surface area contributed by atoms with Crippen LogP contribution in [0.2, 0.25) is 0 Å². The van der Waals surface area contributed by atoms with Gasteiger partial charge < -0.3 is 10.4 Å². The van der Waals surface area contributed by atoms with Gasteiger partial charge in [0.05, 0.1) is 4.47 Å². The molecular formula is C10H14BrN3O2. The second kappa shape index (κ2) is 6.42. The number of carboxylic acid groups (broad SMARTS) is 1. The molecule has 0 fully saturated rings. The lowest BCUT2D eigenvalue weighted by Gasteiger charge is -2.15. The standard InChI is InChI=1S/C10H14BrN3O2/c1-2-3-4-8(10(15)16)14-9-7(11)5-12-6-13-9/h5-6,8H,2-4H2,1H3,(H,15,16)(H,12,13,14). The number of anilines is 1. The largest absolute Gasteiger partial charge is 0.480 e. The Bertz CT molecular complexity index is 360. The maximum absolute atomic E-state index is 11.0. The first-order chi connectivity index (χ1) is 7.65. The van der Waals surface area contributed by atoms with E-state index in [1.807, 2.05) is 6.92 Å². The Hall–Kier alpha value is -1.17. The summed E-state index contributed by atoms with van der Waals surface area (Å²) in [7, 11) is 0. The van der Waals surface area contributed by atoms with E-state index in [9.17, 15) is 4.79 Å². The summed E-state index contributed by atoms with van der Waals surface area (Å²) in [4.78, 5) is 18.8. The van der Waals surface area contributed by atoms with Crippen molar-refractivity contribution in [3.8, 4) is 0 Å². The van der Waals surface area contributed by atoms with Crippen LogP contribution >= 0.6 is 15.9 Å². The molecule has 5 nitrogen and oxygen atoms in total. The first-order valence-electron chi connectivity index (χ1n) is 5.10. The van der Waals surface area contributed by atoms with Gasteiger partial charge >= 0.3 is 5.97 Å². The van der Waals surface area contributed by atoms with E-state index in [1.165, 1.54) is 6.33 Å². The second-order valence-electron chi connectivity index (χ2n) is 3.40. The van der Waals surface area contributed by atoms with Crippen LogP contribution < -0.4 is 5.32 Å². The minimum absolute atomic E-state index is 0.513. The van der Waals surface area contributed by atoms with Crippen LogP contribution in [0.3, 0.4) is 0 Å². The number of nitrogens with zero attached hydrogens (tertiary/aromatic N) is 2. The summed E-state index contributed by atoms with van der Waals surface area (Å²) in [5, 5.41) is 11.9. The molecule has 1 heterocycles. The van der Waals surface area contributed by atoms with Gasteiger partial charge in [-0.25, -0.2) is 14.8 Å². The molecule has 0 saturated carbocycles. The normalized spacial score (nSPS) is 12.1. The number of halogens is 1. The lowest BCUT2D eigenvalue weighted by atomic mass is 10.1. The minimum atomic E-state index is -0.862. The van der Waals surface area contributed by atoms with Crippen LogP contribution in [0.5, 0.6) is 0 Å². The third-order valence-corrected chi connectivity index (χ3v) is 2.70. The van der Waals surface area contributed by atoms with Crippen molar-refractivity contribution in [3.05, 3.63) is 17.0 Å². The van der Waals surface area contributed by atoms with Crippen molar-refractivity contribution in [1.82, 2.24) is 9.97 Å². The van der Waals surface area contributed by atoms with Crippen molar-refractivity contribution in [1.29, 1.82) is 0 Å². The fourth-order valence-electron chi connectivity index (χ4n) is 1.25. The number of nitrogens with one attached hydrogen (secondary N) is 1. The monoisotopic (exact) mass is 287 g/mol. The fourth-order valence-corrected chi connectivity index (χ4v) is 1.58. The highest BCUT2D eigenvalue weighted by Crippen LogP contribution is 2.19. The van der Waals surface area contributed by atoms with Crippen LogP contribution in [-0.2, 0) is 4.79 Å². The second-order valence-corrected chi connectivity index (χ2v) is 4.25. The summed E-state index contributed by atoms with van der Waals surface area (Å²) in [5.41, 5.74) is 0. The average molecular weight is 288 g/mol. The van der Waals surface area contributed by atoms with Crippen LogP contribution in [0.15, 0.2) is 17.0 Å². The topological polar surface area (TPSA) is 75.1 Å². The van der Waals surface area contributed by atoms with Crippen LogP contribution in [0.1, 0.15) is 26.2 Å². The van der Waals surface area contributed by atoms with E-state index < -0.39 is 12.0 Å². The molecule has 1 atom stereocenters. The molecule has 16 heavy (non-hydrogen) atoms. The van der Waals surface area contributed by atoms with Gasteiger partial charge in [-0.3, -0.25) is 0 Å². The number of rotatable bonds is 6. The number of aromatic nitrogens is 2. The highest BCUT2D eigenvalue weighted by atomic mass is 79.9. The molecule has 0 amide bonds. The highest BCUT2D eigenvalue weighted by molar-refractivity contribution is 9.10. The van der Waals surface area contributed by atoms with Gasteiger partial charge in [0.15, 0.2) is 0 Å². The molecule has 88 valence electrons. The van der Waals surface area contributed by atoms with Crippen molar-refractivity contribution in [2.75, 3.05) is 5.32 Å². The summed E-state index contributed by atoms with van der Waals surface area (Å²) in [5.74, 6) is -0.350. The molecule has 0 saturated heterocycles. The smallest absolute Gasteiger partial charge is 0.326 e. The molecule has 0 aliphatic heterocycles. The molecule has 1 unspecified atom stereocenters. The number of aliphatic carboxylic acids is 1. The third kappa shape index (κ3) is 3.77. The van der Waals surface area contributed by atoms with Gasteiger partial charge in [-0.2, -0.15) is 0 Å². The lowest BCUT2D eigenvalue weighted by Crippen LogP contribution is -2.29. The zero-order chi connectivity index (χ0) is 12.0. The van der Waals surface area contributed by atoms with Crippen molar-refractivity contribution in [2.24, 2.45) is 0 Å². The molecule has 1 aromatic heterocycles. The maximum atomic E-state index is 11.0. The van der Waals surface area contributed by atoms with Gasteiger partial charge in [0.2, 0.25) is 0 Å². The van der Waals surface area contributed by atoms with Crippen molar-refractivity contribution >= 4 is 27.7 Å². The Morgan fingerprint density at radius 3 is 3.00 bits per heavy atom. The molecule has 0 aliphatic carbocycles. The Morgan fingerprint density at radius 1 is 1.69 bits per heavy atom. The van der Waals surface area contributed by atoms with Gasteiger partial charge in [-0.15, -0.1) is 0 Å². The van der Waals surface area contributed by atoms with E-state index >= 15 is 0 Å². The Labute approximate surface area is 102 Å². The summed E-state index contributed by atoms with van der Waals surface area (Å²) in [6, 6.07) is -0.605. The zero-order valence-corrected chi connectivity index (χ0v) is 10.6. The molecule has 0 aromatic carbocycles. The summed E-state index contributed by atoms with van der Waals surface area (Å²) < 4.78 is 0.665. The van der Waals surface area contributed by atoms with Crippen LogP contribution in [0.4, 0.5) is 5.82 Å². The number of unbranched alkanes of at least 4 members (excludes halogenated alkanes) is 1. The first kappa shape index (κ1) is 12.9. The van der Waals surface area contributed by atoms with Gasteiger partial charge in [-0.1, -0.05) is 19.8 Å². The predicted molar refractivity (Wildman–Crippen MR) is 64.3 cm³/mol. The quantitative estimate of drug-likeness (QED) is 0.840. The number of hydrogen-bond donors (Lipinski definition) is 2. The minimum Gasteiger partial charge on any atom is -0.480 e. The Morgan fingerprint density at radius 2 is 2.44 bits per heavy atom. The Kier molecular flexibility index (Phi) is 5.18. The lowest BCUT2D eigenvalue weighted by molar-refractivity contribution is -0.138. The summed E-state index contributed by atoms with van der Waals surface area (Å²) in [6.45, 7) is 2.03. The van der Waals surface area contributed by atoms with Crippen molar-refractivity contribution in [3.63, 3.8) is 0 Å². The fraction of sp³-hybridized carbons (Fsp3) is 0.500. The number of hydrogen-bond acceptors (Lipinski definition) is 4. The maximum Gasteiger partial charge on any atom is 0.326 e. The Balaban J connectivity index is 2.68. The molecule has 1 rings (SSSR count). The van der Waals surface area contributed by atoms with E-state index in [4.69, 9.17) is 5.11 Å². The van der Waals surface area contributed by atoms with Gasteiger partial charge in [-0.05, 0) is 22.4 Å². The molecule has 0 radical (unpaired) electrons. The number of carbonyl (C=O) groups is 1. The van der Waals surface area contributed by atoms with E-state index in [1.54, 1.807) is 6.20 Å². The molecule has 0 spiro atoms. The summed E-state index contributed by atoms with van der Waals surface area (Å²) in [6.07, 6.45) is 5.38. The predicted octanol–water partition coefficient (Wildman–Crippen LogP) is 2.29. The molecular weight excluding hydrogens is 274 g/mol. The average Bonchev–Trinajstić information content (AvgIpc) is 2.26. The van der Waals surface area contributed by atoms with E-state index in [0.29, 0.717) is 16.7 Å². The van der Waals surface area contributed by atoms with Crippen LogP contribution in [0, 0.1) is 0 Å². The highest BCUT2D eigenvalue weighted by Gasteiger charge is 2.17. The summed E-state index contributed by atoms with van der Waals surface area (Å²) >= 11 is 3.26. The van der Waals surface area contributed by atoms with Crippen molar-refractivity contribution in [2.45, 2.75) is 32.2 Å². The van der Waals surface area contributed by atoms with E-state index in [-0.39, 0.29) is 0 Å². The van der Waals surface area contributed by atoms with E-state index in [2.05, 4.69) is 31.2 Å². The van der Waals surface area contributed by atoms with E-state index in [0.717, 1.165) is 12.8 Å². The molecule has 2 N–H and O–H groups in total. The molecule has 6 heteroatoms. The zero-order valence-electron chi connectivity index (χ0n) is 8.98. The van der Waals surface area contributed by atoms with Gasteiger partial charge in [0.25, 0.3) is 0 Å². The van der Waals surface area contributed by atoms with Gasteiger partial charge in [0, 0.05) is 6.20 Å². The molecule has 1 aromatic rings. The van der Waals surface area contributed by atoms with Crippen LogP contribution in [0.25, 0.3) is 0 Å². The molecule has 0 bridgehead atoms. The van der Waals surface area contributed by atoms with Gasteiger partial charge in [0.1, 0.15) is 18.2 Å². The van der Waals surface area contributed by atoms with Crippen LogP contribution in [-0.4, -0.2) is 27.1 Å². The SMILES string of the molecule is CCCCC(Nc1ncncc1Br)C(=O)O. The molecule has 0 aliphatic rings. The first-order valence-corrected chi connectivity index (χ1v) is 5.89. The third-order valence-electron chi connectivity index (χ3n) is 2.12.